The van der Waals surface area contributed by atoms with Crippen molar-refractivity contribution >= 4 is 11.8 Å². The molecule has 0 saturated carbocycles. The summed E-state index contributed by atoms with van der Waals surface area (Å²) in [4.78, 5) is 8.83. The fraction of sp³-hybridized carbons (Fsp3) is 0.375. The molecule has 0 aliphatic carbocycles. The maximum Gasteiger partial charge on any atom is 0.188 e. The summed E-state index contributed by atoms with van der Waals surface area (Å²) >= 11 is 1.59. The van der Waals surface area contributed by atoms with Gasteiger partial charge in [0.05, 0.1) is 6.61 Å². The van der Waals surface area contributed by atoms with Gasteiger partial charge in [-0.3, -0.25) is 0 Å². The van der Waals surface area contributed by atoms with E-state index in [1.807, 2.05) is 51.1 Å². The molecular formula is C16H21N3OS. The predicted octanol–water partition coefficient (Wildman–Crippen LogP) is 3.28. The average molecular weight is 303 g/mol. The number of aromatic nitrogens is 2. The van der Waals surface area contributed by atoms with E-state index in [9.17, 15) is 0 Å². The Kier molecular flexibility index (Phi) is 5.59. The van der Waals surface area contributed by atoms with Crippen LogP contribution in [0.4, 0.5) is 0 Å². The van der Waals surface area contributed by atoms with Crippen LogP contribution in [0.15, 0.2) is 35.5 Å². The number of ether oxygens (including phenoxy) is 1. The number of rotatable bonds is 6. The number of nitrogens with two attached hydrogens (primary N) is 1. The zero-order valence-electron chi connectivity index (χ0n) is 12.7. The molecule has 112 valence electrons. The molecule has 1 heterocycles. The van der Waals surface area contributed by atoms with Gasteiger partial charge in [0, 0.05) is 23.2 Å². The summed E-state index contributed by atoms with van der Waals surface area (Å²) in [7, 11) is 0. The van der Waals surface area contributed by atoms with E-state index in [4.69, 9.17) is 10.5 Å². The lowest BCUT2D eigenvalue weighted by Crippen LogP contribution is -2.13. The quantitative estimate of drug-likeness (QED) is 0.655. The van der Waals surface area contributed by atoms with Gasteiger partial charge < -0.3 is 10.5 Å². The molecule has 0 amide bonds. The molecule has 4 nitrogen and oxygen atoms in total. The van der Waals surface area contributed by atoms with E-state index in [0.29, 0.717) is 6.61 Å². The van der Waals surface area contributed by atoms with Gasteiger partial charge >= 0.3 is 0 Å². The molecule has 0 aliphatic rings. The van der Waals surface area contributed by atoms with Crippen LogP contribution < -0.4 is 10.5 Å². The second-order valence-electron chi connectivity index (χ2n) is 4.85. The fourth-order valence-corrected chi connectivity index (χ4v) is 2.93. The predicted molar refractivity (Wildman–Crippen MR) is 86.8 cm³/mol. The van der Waals surface area contributed by atoms with Crippen LogP contribution in [0.25, 0.3) is 0 Å². The van der Waals surface area contributed by atoms with E-state index in [1.165, 1.54) is 0 Å². The van der Waals surface area contributed by atoms with Crippen molar-refractivity contribution in [2.24, 2.45) is 5.73 Å². The monoisotopic (exact) mass is 303 g/mol. The Morgan fingerprint density at radius 2 is 1.76 bits per heavy atom. The Morgan fingerprint density at radius 3 is 2.33 bits per heavy atom. The van der Waals surface area contributed by atoms with Gasteiger partial charge in [0.25, 0.3) is 0 Å². The standard InChI is InChI=1S/C16H21N3OS/c1-4-20-14-7-5-13(6-8-14)15(17)10-21-16-18-11(2)9-12(3)19-16/h5-9,15H,4,10,17H2,1-3H3. The first-order chi connectivity index (χ1) is 10.1. The van der Waals surface area contributed by atoms with Gasteiger partial charge in [0.2, 0.25) is 0 Å². The summed E-state index contributed by atoms with van der Waals surface area (Å²) in [6.45, 7) is 6.60. The summed E-state index contributed by atoms with van der Waals surface area (Å²) in [6.07, 6.45) is 0. The number of aryl methyl sites for hydroxylation is 2. The van der Waals surface area contributed by atoms with Crippen LogP contribution >= 0.6 is 11.8 Å². The van der Waals surface area contributed by atoms with Crippen LogP contribution in [-0.4, -0.2) is 22.3 Å². The number of benzene rings is 1. The molecule has 0 aliphatic heterocycles. The van der Waals surface area contributed by atoms with Crippen molar-refractivity contribution in [3.8, 4) is 5.75 Å². The summed E-state index contributed by atoms with van der Waals surface area (Å²) in [5.74, 6) is 1.62. The van der Waals surface area contributed by atoms with E-state index < -0.39 is 0 Å². The Bertz CT molecular complexity index is 566. The van der Waals surface area contributed by atoms with Crippen molar-refractivity contribution in [2.75, 3.05) is 12.4 Å². The summed E-state index contributed by atoms with van der Waals surface area (Å²) in [5, 5.41) is 0.786. The third-order valence-electron chi connectivity index (χ3n) is 2.97. The van der Waals surface area contributed by atoms with Crippen molar-refractivity contribution in [1.29, 1.82) is 0 Å². The lowest BCUT2D eigenvalue weighted by Gasteiger charge is -2.12. The maximum absolute atomic E-state index is 6.23. The average Bonchev–Trinajstić information content (AvgIpc) is 2.45. The molecule has 1 aromatic heterocycles. The summed E-state index contributed by atoms with van der Waals surface area (Å²) < 4.78 is 5.43. The molecule has 2 aromatic rings. The normalized spacial score (nSPS) is 12.2. The van der Waals surface area contributed by atoms with Gasteiger partial charge in [-0.05, 0) is 44.5 Å². The highest BCUT2D eigenvalue weighted by Crippen LogP contribution is 2.23. The van der Waals surface area contributed by atoms with E-state index in [1.54, 1.807) is 11.8 Å². The first-order valence-corrected chi connectivity index (χ1v) is 8.00. The van der Waals surface area contributed by atoms with Gasteiger partial charge in [0.1, 0.15) is 5.75 Å². The molecule has 2 N–H and O–H groups in total. The zero-order chi connectivity index (χ0) is 15.2. The first-order valence-electron chi connectivity index (χ1n) is 7.02. The van der Waals surface area contributed by atoms with Crippen LogP contribution in [-0.2, 0) is 0 Å². The summed E-state index contributed by atoms with van der Waals surface area (Å²) in [5.41, 5.74) is 9.29. The largest absolute Gasteiger partial charge is 0.494 e. The highest BCUT2D eigenvalue weighted by atomic mass is 32.2. The summed E-state index contributed by atoms with van der Waals surface area (Å²) in [6, 6.07) is 9.86. The van der Waals surface area contributed by atoms with Gasteiger partial charge in [-0.2, -0.15) is 0 Å². The molecule has 1 aromatic carbocycles. The smallest absolute Gasteiger partial charge is 0.188 e. The zero-order valence-corrected chi connectivity index (χ0v) is 13.5. The number of hydrogen-bond donors (Lipinski definition) is 1. The molecule has 0 bridgehead atoms. The number of nitrogens with zero attached hydrogens (tertiary/aromatic N) is 2. The van der Waals surface area contributed by atoms with Crippen molar-refractivity contribution in [1.82, 2.24) is 9.97 Å². The third kappa shape index (κ3) is 4.72. The van der Waals surface area contributed by atoms with Crippen molar-refractivity contribution < 1.29 is 4.74 Å². The highest BCUT2D eigenvalue weighted by molar-refractivity contribution is 7.99. The highest BCUT2D eigenvalue weighted by Gasteiger charge is 2.09. The Labute approximate surface area is 130 Å². The van der Waals surface area contributed by atoms with E-state index >= 15 is 0 Å². The van der Waals surface area contributed by atoms with E-state index in [2.05, 4.69) is 9.97 Å². The molecule has 1 unspecified atom stereocenters. The first kappa shape index (κ1) is 15.8. The van der Waals surface area contributed by atoms with Crippen molar-refractivity contribution in [2.45, 2.75) is 32.0 Å². The molecule has 0 spiro atoms. The molecular weight excluding hydrogens is 282 g/mol. The van der Waals surface area contributed by atoms with Crippen LogP contribution in [0.5, 0.6) is 5.75 Å². The second-order valence-corrected chi connectivity index (χ2v) is 5.84. The Balaban J connectivity index is 1.96. The fourth-order valence-electron chi connectivity index (χ4n) is 2.00. The van der Waals surface area contributed by atoms with Crippen molar-refractivity contribution in [3.63, 3.8) is 0 Å². The van der Waals surface area contributed by atoms with Gasteiger partial charge in [-0.1, -0.05) is 23.9 Å². The van der Waals surface area contributed by atoms with Crippen LogP contribution in [0, 0.1) is 13.8 Å². The maximum atomic E-state index is 6.23. The minimum atomic E-state index is -0.0462. The van der Waals surface area contributed by atoms with Crippen LogP contribution in [0.3, 0.4) is 0 Å². The molecule has 0 radical (unpaired) electrons. The van der Waals surface area contributed by atoms with Crippen molar-refractivity contribution in [3.05, 3.63) is 47.3 Å². The molecule has 21 heavy (non-hydrogen) atoms. The minimum Gasteiger partial charge on any atom is -0.494 e. The lowest BCUT2D eigenvalue weighted by molar-refractivity contribution is 0.340. The number of hydrogen-bond acceptors (Lipinski definition) is 5. The Morgan fingerprint density at radius 1 is 1.14 bits per heavy atom. The Hall–Kier alpha value is -1.59. The van der Waals surface area contributed by atoms with Crippen LogP contribution in [0.2, 0.25) is 0 Å². The number of thioether (sulfide) groups is 1. The van der Waals surface area contributed by atoms with Gasteiger partial charge in [-0.15, -0.1) is 0 Å². The van der Waals surface area contributed by atoms with Gasteiger partial charge in [-0.25, -0.2) is 9.97 Å². The van der Waals surface area contributed by atoms with E-state index in [0.717, 1.165) is 33.6 Å². The SMILES string of the molecule is CCOc1ccc(C(N)CSc2nc(C)cc(C)n2)cc1. The molecule has 0 saturated heterocycles. The molecule has 2 rings (SSSR count). The van der Waals surface area contributed by atoms with Crippen LogP contribution in [0.1, 0.15) is 29.9 Å². The second kappa shape index (κ2) is 7.43. The molecule has 5 heteroatoms. The molecule has 1 atom stereocenters. The lowest BCUT2D eigenvalue weighted by atomic mass is 10.1. The van der Waals surface area contributed by atoms with Gasteiger partial charge in [0.15, 0.2) is 5.16 Å². The van der Waals surface area contributed by atoms with E-state index in [-0.39, 0.29) is 6.04 Å². The minimum absolute atomic E-state index is 0.0462. The molecule has 0 fully saturated rings. The third-order valence-corrected chi connectivity index (χ3v) is 3.94. The topological polar surface area (TPSA) is 61.0 Å².